The Morgan fingerprint density at radius 3 is 2.72 bits per heavy atom. The molecule has 1 unspecified atom stereocenters. The topological polar surface area (TPSA) is 105 Å². The van der Waals surface area contributed by atoms with Crippen LogP contribution in [0.2, 0.25) is 0 Å². The highest BCUT2D eigenvalue weighted by atomic mass is 32.2. The van der Waals surface area contributed by atoms with Crippen molar-refractivity contribution >= 4 is 21.7 Å². The maximum absolute atomic E-state index is 12.5. The Hall–Kier alpha value is -2.23. The minimum Gasteiger partial charge on any atom is -0.360 e. The third kappa shape index (κ3) is 6.38. The van der Waals surface area contributed by atoms with E-state index in [2.05, 4.69) is 20.1 Å². The first kappa shape index (κ1) is 21.5. The fourth-order valence-corrected chi connectivity index (χ4v) is 4.56. The number of likely N-dealkylation sites (tertiary alicyclic amines) is 1. The fourth-order valence-electron chi connectivity index (χ4n) is 3.44. The van der Waals surface area contributed by atoms with Crippen LogP contribution in [-0.2, 0) is 14.8 Å². The summed E-state index contributed by atoms with van der Waals surface area (Å²) < 4.78 is 32.6. The second-order valence-corrected chi connectivity index (χ2v) is 9.36. The van der Waals surface area contributed by atoms with Crippen LogP contribution in [0.15, 0.2) is 39.8 Å². The molecule has 0 saturated carbocycles. The molecule has 0 bridgehead atoms. The zero-order valence-electron chi connectivity index (χ0n) is 16.8. The van der Waals surface area contributed by atoms with Crippen LogP contribution in [0, 0.1) is 19.8 Å². The Kier molecular flexibility index (Phi) is 7.05. The Balaban J connectivity index is 1.44. The molecule has 1 aromatic carbocycles. The second kappa shape index (κ2) is 9.51. The average molecular weight is 421 g/mol. The number of amides is 1. The molecule has 1 fully saturated rings. The quantitative estimate of drug-likeness (QED) is 0.679. The molecule has 29 heavy (non-hydrogen) atoms. The zero-order valence-corrected chi connectivity index (χ0v) is 17.7. The molecule has 1 aliphatic rings. The molecule has 2 aromatic rings. The number of nitrogens with zero attached hydrogens (tertiary/aromatic N) is 2. The Bertz CT molecular complexity index is 924. The molecule has 2 N–H and O–H groups in total. The number of rotatable bonds is 8. The summed E-state index contributed by atoms with van der Waals surface area (Å²) in [5.74, 6) is 1.19. The van der Waals surface area contributed by atoms with Crippen LogP contribution in [0.5, 0.6) is 0 Å². The summed E-state index contributed by atoms with van der Waals surface area (Å²) in [7, 11) is -3.50. The van der Waals surface area contributed by atoms with E-state index in [9.17, 15) is 13.2 Å². The van der Waals surface area contributed by atoms with Gasteiger partial charge in [-0.3, -0.25) is 4.79 Å². The lowest BCUT2D eigenvalue weighted by molar-refractivity contribution is -0.116. The maximum Gasteiger partial charge on any atom is 0.240 e. The van der Waals surface area contributed by atoms with Gasteiger partial charge in [-0.1, -0.05) is 22.9 Å². The van der Waals surface area contributed by atoms with Crippen LogP contribution in [-0.4, -0.2) is 50.6 Å². The van der Waals surface area contributed by atoms with Crippen molar-refractivity contribution in [1.29, 1.82) is 0 Å². The van der Waals surface area contributed by atoms with Gasteiger partial charge < -0.3 is 14.7 Å². The monoisotopic (exact) mass is 420 g/mol. The van der Waals surface area contributed by atoms with E-state index in [0.717, 1.165) is 31.5 Å². The van der Waals surface area contributed by atoms with Gasteiger partial charge in [-0.15, -0.1) is 0 Å². The lowest BCUT2D eigenvalue weighted by Gasteiger charge is -2.32. The summed E-state index contributed by atoms with van der Waals surface area (Å²) >= 11 is 0. The van der Waals surface area contributed by atoms with Crippen molar-refractivity contribution in [2.75, 3.05) is 31.5 Å². The lowest BCUT2D eigenvalue weighted by Crippen LogP contribution is -2.41. The number of piperidine rings is 1. The number of hydrogen-bond acceptors (Lipinski definition) is 6. The van der Waals surface area contributed by atoms with Crippen molar-refractivity contribution in [3.63, 3.8) is 0 Å². The number of aromatic nitrogens is 1. The minimum atomic E-state index is -3.50. The predicted octanol–water partition coefficient (Wildman–Crippen LogP) is 2.31. The molecule has 1 amide bonds. The van der Waals surface area contributed by atoms with Crippen LogP contribution >= 0.6 is 0 Å². The first-order valence-electron chi connectivity index (χ1n) is 9.84. The van der Waals surface area contributed by atoms with E-state index in [1.807, 2.05) is 6.92 Å². The molecule has 0 radical (unpaired) electrons. The summed E-state index contributed by atoms with van der Waals surface area (Å²) in [5, 5.41) is 6.47. The smallest absolute Gasteiger partial charge is 0.240 e. The van der Waals surface area contributed by atoms with Crippen molar-refractivity contribution in [2.24, 2.45) is 5.92 Å². The second-order valence-electron chi connectivity index (χ2n) is 7.59. The number of aryl methyl sites for hydroxylation is 2. The van der Waals surface area contributed by atoms with Crippen molar-refractivity contribution < 1.29 is 17.7 Å². The van der Waals surface area contributed by atoms with Gasteiger partial charge in [0, 0.05) is 32.1 Å². The molecule has 2 heterocycles. The summed E-state index contributed by atoms with van der Waals surface area (Å²) in [5.41, 5.74) is 1.02. The van der Waals surface area contributed by atoms with Gasteiger partial charge in [-0.2, -0.15) is 0 Å². The standard InChI is InChI=1S/C20H28N4O4S/c1-15-5-7-18(8-6-15)29(26,27)21-13-17-4-3-10-24(14-17)11-9-20(25)22-19-12-16(2)28-23-19/h5-8,12,17,21H,3-4,9-11,13-14H2,1-2H3,(H,22,23,25). The van der Waals surface area contributed by atoms with Crippen LogP contribution in [0.25, 0.3) is 0 Å². The summed E-state index contributed by atoms with van der Waals surface area (Å²) in [6, 6.07) is 8.51. The summed E-state index contributed by atoms with van der Waals surface area (Å²) in [4.78, 5) is 14.6. The molecule has 1 aromatic heterocycles. The van der Waals surface area contributed by atoms with Gasteiger partial charge in [0.2, 0.25) is 15.9 Å². The molecule has 1 saturated heterocycles. The van der Waals surface area contributed by atoms with Gasteiger partial charge in [-0.25, -0.2) is 13.1 Å². The number of hydrogen-bond donors (Lipinski definition) is 2. The zero-order chi connectivity index (χ0) is 20.9. The Morgan fingerprint density at radius 1 is 1.28 bits per heavy atom. The molecule has 1 aliphatic heterocycles. The molecular weight excluding hydrogens is 392 g/mol. The molecule has 9 heteroatoms. The molecule has 0 aliphatic carbocycles. The molecule has 158 valence electrons. The average Bonchev–Trinajstić information content (AvgIpc) is 3.10. The fraction of sp³-hybridized carbons (Fsp3) is 0.500. The van der Waals surface area contributed by atoms with Crippen molar-refractivity contribution in [3.05, 3.63) is 41.7 Å². The first-order valence-corrected chi connectivity index (χ1v) is 11.3. The minimum absolute atomic E-state index is 0.111. The van der Waals surface area contributed by atoms with Crippen molar-refractivity contribution in [1.82, 2.24) is 14.8 Å². The SMILES string of the molecule is Cc1ccc(S(=O)(=O)NCC2CCCN(CCC(=O)Nc3cc(C)on3)C2)cc1. The van der Waals surface area contributed by atoms with Crippen LogP contribution < -0.4 is 10.0 Å². The van der Waals surface area contributed by atoms with E-state index in [4.69, 9.17) is 4.52 Å². The van der Waals surface area contributed by atoms with Crippen LogP contribution in [0.3, 0.4) is 0 Å². The third-order valence-electron chi connectivity index (χ3n) is 5.05. The number of nitrogens with one attached hydrogen (secondary N) is 2. The summed E-state index contributed by atoms with van der Waals surface area (Å²) in [6.07, 6.45) is 2.31. The van der Waals surface area contributed by atoms with Gasteiger partial charge in [0.15, 0.2) is 5.82 Å². The van der Waals surface area contributed by atoms with Crippen molar-refractivity contribution in [3.8, 4) is 0 Å². The normalized spacial score (nSPS) is 17.9. The number of carbonyl (C=O) groups is 1. The highest BCUT2D eigenvalue weighted by Gasteiger charge is 2.23. The maximum atomic E-state index is 12.5. The molecular formula is C20H28N4O4S. The number of carbonyl (C=O) groups excluding carboxylic acids is 1. The predicted molar refractivity (Wildman–Crippen MR) is 110 cm³/mol. The van der Waals surface area contributed by atoms with E-state index in [-0.39, 0.29) is 16.7 Å². The Labute approximate surface area is 171 Å². The number of benzene rings is 1. The highest BCUT2D eigenvalue weighted by molar-refractivity contribution is 7.89. The lowest BCUT2D eigenvalue weighted by atomic mass is 9.98. The van der Waals surface area contributed by atoms with Crippen LogP contribution in [0.1, 0.15) is 30.6 Å². The van der Waals surface area contributed by atoms with Gasteiger partial charge in [0.05, 0.1) is 4.90 Å². The highest BCUT2D eigenvalue weighted by Crippen LogP contribution is 2.18. The molecule has 3 rings (SSSR count). The number of anilines is 1. The van der Waals surface area contributed by atoms with E-state index < -0.39 is 10.0 Å². The number of sulfonamides is 1. The molecule has 8 nitrogen and oxygen atoms in total. The van der Waals surface area contributed by atoms with E-state index in [1.165, 1.54) is 0 Å². The van der Waals surface area contributed by atoms with E-state index in [1.54, 1.807) is 37.3 Å². The largest absolute Gasteiger partial charge is 0.360 e. The first-order chi connectivity index (χ1) is 13.8. The van der Waals surface area contributed by atoms with Crippen LogP contribution in [0.4, 0.5) is 5.82 Å². The Morgan fingerprint density at radius 2 is 2.03 bits per heavy atom. The summed E-state index contributed by atoms with van der Waals surface area (Å²) in [6.45, 7) is 6.41. The third-order valence-corrected chi connectivity index (χ3v) is 6.49. The molecule has 0 spiro atoms. The van der Waals surface area contributed by atoms with E-state index in [0.29, 0.717) is 31.1 Å². The van der Waals surface area contributed by atoms with Gasteiger partial charge in [0.25, 0.3) is 0 Å². The van der Waals surface area contributed by atoms with E-state index >= 15 is 0 Å². The van der Waals surface area contributed by atoms with Gasteiger partial charge in [0.1, 0.15) is 5.76 Å². The molecule has 1 atom stereocenters. The van der Waals surface area contributed by atoms with Gasteiger partial charge in [-0.05, 0) is 51.3 Å². The van der Waals surface area contributed by atoms with Crippen molar-refractivity contribution in [2.45, 2.75) is 38.0 Å². The van der Waals surface area contributed by atoms with Gasteiger partial charge >= 0.3 is 0 Å².